The second-order valence-electron chi connectivity index (χ2n) is 14.5. The van der Waals surface area contributed by atoms with E-state index in [0.717, 1.165) is 11.6 Å². The fourth-order valence-electron chi connectivity index (χ4n) is 6.94. The van der Waals surface area contributed by atoms with Gasteiger partial charge in [0, 0.05) is 49.5 Å². The number of aliphatic hydroxyl groups is 1. The number of hydrogen-bond acceptors (Lipinski definition) is 14. The lowest BCUT2D eigenvalue weighted by atomic mass is 9.85. The molecule has 2 bridgehead atoms. The molecule has 17 nitrogen and oxygen atoms in total. The number of nitrogens with one attached hydrogen (secondary N) is 2. The van der Waals surface area contributed by atoms with E-state index in [-0.39, 0.29) is 54.6 Å². The summed E-state index contributed by atoms with van der Waals surface area (Å²) in [6.07, 6.45) is 5.20. The van der Waals surface area contributed by atoms with Crippen molar-refractivity contribution in [2.75, 3.05) is 41.6 Å². The van der Waals surface area contributed by atoms with E-state index < -0.39 is 53.9 Å². The fraction of sp³-hybridized carbons (Fsp3) is 0.476. The zero-order chi connectivity index (χ0) is 43.2. The molecule has 1 aliphatic heterocycles. The third-order valence-electron chi connectivity index (χ3n) is 9.99. The molecule has 59 heavy (non-hydrogen) atoms. The number of carbonyl (C=O) groups is 4. The lowest BCUT2D eigenvalue weighted by Gasteiger charge is -2.30. The number of ether oxygens (including phenoxy) is 6. The Morgan fingerprint density at radius 3 is 2.53 bits per heavy atom. The SMILES string of the molecule is COc1cccc(Cn2cc(COCCNC3=C4C[C@@H](C)C[C@H](OC)[C@H](O)[C@@H](C)/C=C(\C)[C@H](OC(N)=O)[C@@H](OC)/C=C\C=C(/C)C(=O)NC(=CC3=O)C4=O)nn2)c1OC. The number of amides is 2. The van der Waals surface area contributed by atoms with Crippen molar-refractivity contribution in [2.24, 2.45) is 17.6 Å². The Labute approximate surface area is 344 Å². The van der Waals surface area contributed by atoms with E-state index in [1.54, 1.807) is 64.1 Å². The number of ketones is 2. The van der Waals surface area contributed by atoms with Crippen molar-refractivity contribution in [3.05, 3.63) is 94.1 Å². The number of methoxy groups -OCH3 is 4. The monoisotopic (exact) mass is 820 g/mol. The zero-order valence-electron chi connectivity index (χ0n) is 34.9. The van der Waals surface area contributed by atoms with E-state index in [2.05, 4.69) is 20.9 Å². The van der Waals surface area contributed by atoms with Crippen LogP contribution in [0.2, 0.25) is 0 Å². The average Bonchev–Trinajstić information content (AvgIpc) is 3.66. The predicted octanol–water partition coefficient (Wildman–Crippen LogP) is 3.23. The number of hydrogen-bond donors (Lipinski definition) is 4. The van der Waals surface area contributed by atoms with Crippen LogP contribution in [0.5, 0.6) is 11.5 Å². The largest absolute Gasteiger partial charge is 0.493 e. The fourth-order valence-corrected chi connectivity index (χ4v) is 6.94. The Morgan fingerprint density at radius 1 is 1.08 bits per heavy atom. The van der Waals surface area contributed by atoms with Crippen LogP contribution in [0.4, 0.5) is 4.79 Å². The molecule has 2 amide bonds. The number of allylic oxidation sites excluding steroid dienone is 4. The molecule has 17 heteroatoms. The number of aliphatic hydroxyl groups excluding tert-OH is 1. The van der Waals surface area contributed by atoms with Crippen LogP contribution in [0.3, 0.4) is 0 Å². The lowest BCUT2D eigenvalue weighted by Crippen LogP contribution is -2.38. The standard InChI is InChI=1S/C42H56N6O11/c1-24-17-30-36(44-15-16-58-23-29-22-48(47-46-29)21-28-12-10-14-34(55-6)40(28)57-8)32(49)20-31(38(30)51)45-41(52)25(2)11-9-13-33(54-5)39(59-42(43)53)27(4)19-26(3)37(50)35(18-24)56-7/h9-14,19-20,22,24,26,33,35,37,39,44,50H,15-18,21,23H2,1-8H3,(H2,43,53)(H,45,52)/b13-9-,25-11+,27-19+/t24-,26+,33+,35+,37-,39+/m1/s1. The van der Waals surface area contributed by atoms with Gasteiger partial charge in [-0.05, 0) is 44.2 Å². The molecule has 0 saturated heterocycles. The normalized spacial score (nSPS) is 25.8. The van der Waals surface area contributed by atoms with Crippen molar-refractivity contribution in [3.8, 4) is 11.5 Å². The molecule has 2 aromatic rings. The molecular formula is C42H56N6O11. The molecule has 5 N–H and O–H groups in total. The molecule has 0 unspecified atom stereocenters. The number of Topliss-reactive ketones (excluding diaryl/α,β-unsaturated/α-hetero) is 1. The van der Waals surface area contributed by atoms with Crippen molar-refractivity contribution in [1.82, 2.24) is 25.6 Å². The molecule has 2 aliphatic rings. The van der Waals surface area contributed by atoms with Gasteiger partial charge < -0.3 is 49.9 Å². The van der Waals surface area contributed by atoms with Crippen molar-refractivity contribution < 1.29 is 52.7 Å². The van der Waals surface area contributed by atoms with Crippen LogP contribution in [-0.4, -0.2) is 110 Å². The molecule has 2 heterocycles. The Morgan fingerprint density at radius 2 is 1.85 bits per heavy atom. The molecule has 0 fully saturated rings. The minimum absolute atomic E-state index is 0.0928. The van der Waals surface area contributed by atoms with Crippen molar-refractivity contribution in [1.29, 1.82) is 0 Å². The summed E-state index contributed by atoms with van der Waals surface area (Å²) < 4.78 is 35.1. The van der Waals surface area contributed by atoms with E-state index in [0.29, 0.717) is 35.7 Å². The number of rotatable bonds is 13. The first-order chi connectivity index (χ1) is 28.2. The quantitative estimate of drug-likeness (QED) is 0.129. The topological polar surface area (TPSA) is 225 Å². The Balaban J connectivity index is 1.53. The van der Waals surface area contributed by atoms with Crippen LogP contribution < -0.4 is 25.8 Å². The smallest absolute Gasteiger partial charge is 0.405 e. The minimum atomic E-state index is -1.02. The summed E-state index contributed by atoms with van der Waals surface area (Å²) in [6, 6.07) is 5.59. The summed E-state index contributed by atoms with van der Waals surface area (Å²) >= 11 is 0. The maximum Gasteiger partial charge on any atom is 0.405 e. The molecule has 1 aliphatic carbocycles. The van der Waals surface area contributed by atoms with Gasteiger partial charge in [0.05, 0.1) is 63.8 Å². The molecular weight excluding hydrogens is 764 g/mol. The highest BCUT2D eigenvalue weighted by atomic mass is 16.6. The highest BCUT2D eigenvalue weighted by molar-refractivity contribution is 6.23. The van der Waals surface area contributed by atoms with Crippen LogP contribution >= 0.6 is 0 Å². The van der Waals surface area contributed by atoms with E-state index >= 15 is 0 Å². The van der Waals surface area contributed by atoms with Crippen molar-refractivity contribution >= 4 is 23.6 Å². The van der Waals surface area contributed by atoms with E-state index in [4.69, 9.17) is 34.2 Å². The second kappa shape index (κ2) is 21.9. The number of fused-ring (bicyclic) bond motifs is 2. The first-order valence-corrected chi connectivity index (χ1v) is 19.2. The highest BCUT2D eigenvalue weighted by Crippen LogP contribution is 2.32. The number of nitrogens with two attached hydrogens (primary N) is 1. The number of benzene rings is 1. The van der Waals surface area contributed by atoms with Gasteiger partial charge >= 0.3 is 6.09 Å². The second-order valence-corrected chi connectivity index (χ2v) is 14.5. The Kier molecular flexibility index (Phi) is 17.1. The van der Waals surface area contributed by atoms with Gasteiger partial charge in [-0.25, -0.2) is 9.48 Å². The maximum absolute atomic E-state index is 14.0. The number of carbonyl (C=O) groups excluding carboxylic acids is 4. The van der Waals surface area contributed by atoms with Crippen LogP contribution in [-0.2, 0) is 46.5 Å². The number of aromatic nitrogens is 3. The van der Waals surface area contributed by atoms with Crippen LogP contribution in [0.15, 0.2) is 82.9 Å². The molecule has 1 aromatic carbocycles. The predicted molar refractivity (Wildman–Crippen MR) is 216 cm³/mol. The maximum atomic E-state index is 14.0. The summed E-state index contributed by atoms with van der Waals surface area (Å²) in [7, 11) is 6.06. The van der Waals surface area contributed by atoms with E-state index in [1.165, 1.54) is 20.3 Å². The molecule has 320 valence electrons. The van der Waals surface area contributed by atoms with Crippen molar-refractivity contribution in [2.45, 2.75) is 78.1 Å². The Hall–Kier alpha value is -5.62. The lowest BCUT2D eigenvalue weighted by molar-refractivity contribution is -0.120. The highest BCUT2D eigenvalue weighted by Gasteiger charge is 2.33. The molecule has 0 spiro atoms. The molecule has 1 aromatic heterocycles. The third-order valence-corrected chi connectivity index (χ3v) is 9.99. The number of primary amides is 1. The van der Waals surface area contributed by atoms with E-state index in [1.807, 2.05) is 25.1 Å². The molecule has 4 rings (SSSR count). The van der Waals surface area contributed by atoms with E-state index in [9.17, 15) is 24.3 Å². The summed E-state index contributed by atoms with van der Waals surface area (Å²) in [6.45, 7) is 7.82. The summed E-state index contributed by atoms with van der Waals surface area (Å²) in [4.78, 5) is 52.8. The summed E-state index contributed by atoms with van der Waals surface area (Å²) in [5.74, 6) is -1.17. The number of nitrogens with zero attached hydrogens (tertiary/aromatic N) is 3. The van der Waals surface area contributed by atoms with Crippen molar-refractivity contribution in [3.63, 3.8) is 0 Å². The first kappa shape index (κ1) is 46.1. The van der Waals surface area contributed by atoms with Crippen LogP contribution in [0, 0.1) is 11.8 Å². The minimum Gasteiger partial charge on any atom is -0.493 e. The molecule has 0 radical (unpaired) electrons. The third kappa shape index (κ3) is 12.4. The molecule has 0 saturated carbocycles. The Bertz CT molecular complexity index is 1980. The zero-order valence-corrected chi connectivity index (χ0v) is 34.9. The van der Waals surface area contributed by atoms with Crippen LogP contribution in [0.25, 0.3) is 0 Å². The van der Waals surface area contributed by atoms with Gasteiger partial charge in [-0.15, -0.1) is 5.10 Å². The first-order valence-electron chi connectivity index (χ1n) is 19.2. The average molecular weight is 821 g/mol. The van der Waals surface area contributed by atoms with Gasteiger partial charge in [-0.2, -0.15) is 0 Å². The summed E-state index contributed by atoms with van der Waals surface area (Å²) in [5, 5.41) is 25.5. The van der Waals surface area contributed by atoms with Gasteiger partial charge in [0.15, 0.2) is 17.6 Å². The molecule has 6 atom stereocenters. The summed E-state index contributed by atoms with van der Waals surface area (Å²) in [5.41, 5.74) is 7.72. The van der Waals surface area contributed by atoms with Gasteiger partial charge in [0.2, 0.25) is 11.6 Å². The van der Waals surface area contributed by atoms with Gasteiger partial charge in [-0.3, -0.25) is 14.4 Å². The van der Waals surface area contributed by atoms with Gasteiger partial charge in [-0.1, -0.05) is 55.5 Å². The van der Waals surface area contributed by atoms with Gasteiger partial charge in [0.1, 0.15) is 11.8 Å². The van der Waals surface area contributed by atoms with Crippen LogP contribution in [0.1, 0.15) is 51.8 Å². The van der Waals surface area contributed by atoms with Gasteiger partial charge in [0.25, 0.3) is 5.91 Å². The number of para-hydroxylation sites is 1.